The highest BCUT2D eigenvalue weighted by atomic mass is 16.5. The third kappa shape index (κ3) is 4.57. The summed E-state index contributed by atoms with van der Waals surface area (Å²) in [5.74, 6) is 0.969. The van der Waals surface area contributed by atoms with Crippen molar-refractivity contribution < 1.29 is 14.3 Å². The van der Waals surface area contributed by atoms with Crippen LogP contribution >= 0.6 is 0 Å². The van der Waals surface area contributed by atoms with Gasteiger partial charge in [0.25, 0.3) is 5.91 Å². The number of carbonyl (C=O) groups is 1. The van der Waals surface area contributed by atoms with Crippen molar-refractivity contribution in [1.82, 2.24) is 10.3 Å². The van der Waals surface area contributed by atoms with Gasteiger partial charge in [-0.1, -0.05) is 18.2 Å². The number of amides is 1. The van der Waals surface area contributed by atoms with Crippen LogP contribution in [0.3, 0.4) is 0 Å². The van der Waals surface area contributed by atoms with E-state index in [9.17, 15) is 4.79 Å². The van der Waals surface area contributed by atoms with E-state index in [-0.39, 0.29) is 11.9 Å². The van der Waals surface area contributed by atoms with E-state index in [2.05, 4.69) is 10.3 Å². The Balaban J connectivity index is 1.97. The van der Waals surface area contributed by atoms with E-state index in [1.165, 1.54) is 6.20 Å². The maximum atomic E-state index is 12.0. The van der Waals surface area contributed by atoms with Crippen molar-refractivity contribution in [1.29, 1.82) is 0 Å². The number of hydrogen-bond donors (Lipinski definition) is 1. The Kier molecular flexibility index (Phi) is 5.29. The summed E-state index contributed by atoms with van der Waals surface area (Å²) in [6.07, 6.45) is 1.49. The van der Waals surface area contributed by atoms with Crippen LogP contribution in [-0.4, -0.2) is 30.6 Å². The number of pyridine rings is 1. The molecule has 0 spiro atoms. The number of hydrogen-bond acceptors (Lipinski definition) is 4. The SMILES string of the molecule is COCC(C)NC(=O)c1ccc(Oc2ccccc2)nc1. The number of aromatic nitrogens is 1. The molecule has 1 aromatic carbocycles. The van der Waals surface area contributed by atoms with Gasteiger partial charge in [0.2, 0.25) is 5.88 Å². The van der Waals surface area contributed by atoms with Gasteiger partial charge in [0, 0.05) is 25.4 Å². The van der Waals surface area contributed by atoms with Gasteiger partial charge in [-0.3, -0.25) is 4.79 Å². The van der Waals surface area contributed by atoms with Crippen LogP contribution in [0.5, 0.6) is 11.6 Å². The van der Waals surface area contributed by atoms with Crippen molar-refractivity contribution in [2.75, 3.05) is 13.7 Å². The van der Waals surface area contributed by atoms with E-state index >= 15 is 0 Å². The van der Waals surface area contributed by atoms with Crippen molar-refractivity contribution in [3.05, 3.63) is 54.2 Å². The Morgan fingerprint density at radius 2 is 2.00 bits per heavy atom. The first-order chi connectivity index (χ1) is 10.2. The first-order valence-electron chi connectivity index (χ1n) is 6.68. The summed E-state index contributed by atoms with van der Waals surface area (Å²) in [4.78, 5) is 16.1. The summed E-state index contributed by atoms with van der Waals surface area (Å²) < 4.78 is 10.5. The largest absolute Gasteiger partial charge is 0.439 e. The summed E-state index contributed by atoms with van der Waals surface area (Å²) in [6.45, 7) is 2.34. The molecule has 0 radical (unpaired) electrons. The third-order valence-corrected chi connectivity index (χ3v) is 2.76. The van der Waals surface area contributed by atoms with Crippen LogP contribution in [-0.2, 0) is 4.74 Å². The van der Waals surface area contributed by atoms with E-state index < -0.39 is 0 Å². The Morgan fingerprint density at radius 3 is 2.62 bits per heavy atom. The topological polar surface area (TPSA) is 60.5 Å². The number of methoxy groups -OCH3 is 1. The van der Waals surface area contributed by atoms with Gasteiger partial charge in [-0.2, -0.15) is 0 Å². The Morgan fingerprint density at radius 1 is 1.24 bits per heavy atom. The number of benzene rings is 1. The molecule has 0 fully saturated rings. The number of rotatable bonds is 6. The normalized spacial score (nSPS) is 11.7. The van der Waals surface area contributed by atoms with Gasteiger partial charge in [-0.05, 0) is 25.1 Å². The molecule has 1 aromatic heterocycles. The molecule has 5 heteroatoms. The van der Waals surface area contributed by atoms with Crippen LogP contribution in [0.1, 0.15) is 17.3 Å². The summed E-state index contributed by atoms with van der Waals surface area (Å²) in [6, 6.07) is 12.7. The highest BCUT2D eigenvalue weighted by Crippen LogP contribution is 2.18. The molecular formula is C16H18N2O3. The third-order valence-electron chi connectivity index (χ3n) is 2.76. The maximum Gasteiger partial charge on any atom is 0.253 e. The van der Waals surface area contributed by atoms with Crippen molar-refractivity contribution in [2.45, 2.75) is 13.0 Å². The Hall–Kier alpha value is -2.40. The fourth-order valence-electron chi connectivity index (χ4n) is 1.78. The second-order valence-electron chi connectivity index (χ2n) is 4.63. The molecule has 0 bridgehead atoms. The van der Waals surface area contributed by atoms with E-state index in [1.54, 1.807) is 19.2 Å². The van der Waals surface area contributed by atoms with Gasteiger partial charge in [0.05, 0.1) is 12.2 Å². The van der Waals surface area contributed by atoms with Crippen molar-refractivity contribution in [2.24, 2.45) is 0 Å². The second kappa shape index (κ2) is 7.40. The minimum atomic E-state index is -0.182. The first-order valence-corrected chi connectivity index (χ1v) is 6.68. The number of nitrogens with zero attached hydrogens (tertiary/aromatic N) is 1. The van der Waals surface area contributed by atoms with E-state index in [1.807, 2.05) is 37.3 Å². The smallest absolute Gasteiger partial charge is 0.253 e. The van der Waals surface area contributed by atoms with Gasteiger partial charge in [0.1, 0.15) is 5.75 Å². The highest BCUT2D eigenvalue weighted by molar-refractivity contribution is 5.94. The quantitative estimate of drug-likeness (QED) is 0.886. The molecule has 1 unspecified atom stereocenters. The average molecular weight is 286 g/mol. The molecule has 2 rings (SSSR count). The fourth-order valence-corrected chi connectivity index (χ4v) is 1.78. The van der Waals surface area contributed by atoms with Crippen LogP contribution in [0.15, 0.2) is 48.7 Å². The zero-order valence-corrected chi connectivity index (χ0v) is 12.1. The van der Waals surface area contributed by atoms with Crippen molar-refractivity contribution in [3.8, 4) is 11.6 Å². The lowest BCUT2D eigenvalue weighted by atomic mass is 10.2. The second-order valence-corrected chi connectivity index (χ2v) is 4.63. The highest BCUT2D eigenvalue weighted by Gasteiger charge is 2.10. The van der Waals surface area contributed by atoms with Crippen molar-refractivity contribution >= 4 is 5.91 Å². The predicted molar refractivity (Wildman–Crippen MR) is 79.6 cm³/mol. The number of nitrogens with one attached hydrogen (secondary N) is 1. The van der Waals surface area contributed by atoms with Crippen LogP contribution < -0.4 is 10.1 Å². The van der Waals surface area contributed by atoms with Gasteiger partial charge >= 0.3 is 0 Å². The van der Waals surface area contributed by atoms with Crippen LogP contribution in [0, 0.1) is 0 Å². The van der Waals surface area contributed by atoms with E-state index in [0.717, 1.165) is 0 Å². The van der Waals surface area contributed by atoms with Gasteiger partial charge in [0.15, 0.2) is 0 Å². The van der Waals surface area contributed by atoms with Crippen LogP contribution in [0.25, 0.3) is 0 Å². The first kappa shape index (κ1) is 15.0. The lowest BCUT2D eigenvalue weighted by molar-refractivity contribution is 0.0905. The lowest BCUT2D eigenvalue weighted by Crippen LogP contribution is -2.35. The van der Waals surface area contributed by atoms with E-state index in [4.69, 9.17) is 9.47 Å². The molecule has 2 aromatic rings. The van der Waals surface area contributed by atoms with Gasteiger partial charge in [-0.15, -0.1) is 0 Å². The molecule has 1 N–H and O–H groups in total. The number of ether oxygens (including phenoxy) is 2. The lowest BCUT2D eigenvalue weighted by Gasteiger charge is -2.12. The van der Waals surface area contributed by atoms with Crippen molar-refractivity contribution in [3.63, 3.8) is 0 Å². The summed E-state index contributed by atoms with van der Waals surface area (Å²) in [5.41, 5.74) is 0.485. The van der Waals surface area contributed by atoms with Crippen LogP contribution in [0.2, 0.25) is 0 Å². The monoisotopic (exact) mass is 286 g/mol. The summed E-state index contributed by atoms with van der Waals surface area (Å²) in [7, 11) is 1.60. The van der Waals surface area contributed by atoms with Gasteiger partial charge in [-0.25, -0.2) is 4.98 Å². The van der Waals surface area contributed by atoms with E-state index in [0.29, 0.717) is 23.8 Å². The molecule has 0 saturated heterocycles. The molecule has 1 amide bonds. The average Bonchev–Trinajstić information content (AvgIpc) is 2.49. The predicted octanol–water partition coefficient (Wildman–Crippen LogP) is 2.64. The molecule has 21 heavy (non-hydrogen) atoms. The molecule has 1 heterocycles. The zero-order valence-electron chi connectivity index (χ0n) is 12.1. The minimum absolute atomic E-state index is 0.0530. The van der Waals surface area contributed by atoms with Crippen LogP contribution in [0.4, 0.5) is 0 Å². The number of carbonyl (C=O) groups excluding carboxylic acids is 1. The molecule has 0 saturated carbocycles. The number of para-hydroxylation sites is 1. The maximum absolute atomic E-state index is 12.0. The zero-order chi connectivity index (χ0) is 15.1. The molecule has 5 nitrogen and oxygen atoms in total. The Bertz CT molecular complexity index is 570. The fraction of sp³-hybridized carbons (Fsp3) is 0.250. The molecule has 0 aliphatic heterocycles. The molecular weight excluding hydrogens is 268 g/mol. The molecule has 110 valence electrons. The summed E-state index contributed by atoms with van der Waals surface area (Å²) >= 11 is 0. The Labute approximate surface area is 123 Å². The molecule has 0 aliphatic rings. The molecule has 1 atom stereocenters. The molecule has 0 aliphatic carbocycles. The standard InChI is InChI=1S/C16H18N2O3/c1-12(11-20-2)18-16(19)13-8-9-15(17-10-13)21-14-6-4-3-5-7-14/h3-10,12H,11H2,1-2H3,(H,18,19). The minimum Gasteiger partial charge on any atom is -0.439 e. The van der Waals surface area contributed by atoms with Gasteiger partial charge < -0.3 is 14.8 Å². The summed E-state index contributed by atoms with van der Waals surface area (Å²) in [5, 5.41) is 2.82.